The topological polar surface area (TPSA) is 159 Å². The number of hydrogen-bond donors (Lipinski definition) is 5. The van der Waals surface area contributed by atoms with Crippen LogP contribution in [-0.4, -0.2) is 112 Å². The van der Waals surface area contributed by atoms with E-state index in [0.717, 1.165) is 11.1 Å². The Kier molecular flexibility index (Phi) is 13.4. The van der Waals surface area contributed by atoms with Crippen molar-refractivity contribution in [2.24, 2.45) is 0 Å². The van der Waals surface area contributed by atoms with E-state index >= 15 is 0 Å². The number of benzene rings is 2. The van der Waals surface area contributed by atoms with Crippen molar-refractivity contribution in [3.63, 3.8) is 0 Å². The van der Waals surface area contributed by atoms with Crippen molar-refractivity contribution in [3.05, 3.63) is 71.8 Å². The van der Waals surface area contributed by atoms with Gasteiger partial charge in [-0.2, -0.15) is 0 Å². The largest absolute Gasteiger partial charge is 0.444 e. The standard InChI is InChI=1S/C37H54N2O10/c1-37(2,3)49-36(44)38-26-14-16-27(17-15-26)39(22-28(40)32(42)30-18-20-45-34(47-30)24-10-6-4-7-11-24)23-29(41)33(43)31-19-21-46-35(48-31)25-12-8-5-9-13-25/h4-13,26-35,40-43H,14-23H2,1-3H3,(H,38,44)/t26?,27?,28-,29-,30+,31+,32+,33+,34?,35?/m0/s1. The number of rotatable bonds is 12. The lowest BCUT2D eigenvalue weighted by molar-refractivity contribution is -0.249. The lowest BCUT2D eigenvalue weighted by Crippen LogP contribution is -2.55. The number of nitrogens with zero attached hydrogens (tertiary/aromatic N) is 1. The molecule has 2 aromatic rings. The van der Waals surface area contributed by atoms with E-state index in [-0.39, 0.29) is 25.2 Å². The maximum absolute atomic E-state index is 12.4. The molecule has 2 saturated heterocycles. The molecular weight excluding hydrogens is 632 g/mol. The van der Waals surface area contributed by atoms with Crippen LogP contribution in [0.15, 0.2) is 60.7 Å². The van der Waals surface area contributed by atoms with Crippen LogP contribution < -0.4 is 5.32 Å². The molecule has 2 heterocycles. The smallest absolute Gasteiger partial charge is 0.407 e. The molecule has 1 amide bonds. The Morgan fingerprint density at radius 3 is 1.63 bits per heavy atom. The zero-order valence-electron chi connectivity index (χ0n) is 28.8. The Bertz CT molecular complexity index is 1200. The Labute approximate surface area is 289 Å². The number of aliphatic hydroxyl groups excluding tert-OH is 4. The molecule has 1 aliphatic carbocycles. The average Bonchev–Trinajstić information content (AvgIpc) is 3.11. The molecule has 12 nitrogen and oxygen atoms in total. The summed E-state index contributed by atoms with van der Waals surface area (Å²) in [6, 6.07) is 18.8. The van der Waals surface area contributed by atoms with Gasteiger partial charge in [-0.1, -0.05) is 60.7 Å². The van der Waals surface area contributed by atoms with E-state index in [2.05, 4.69) is 5.32 Å². The maximum Gasteiger partial charge on any atom is 0.407 e. The Hall–Kier alpha value is -2.65. The third kappa shape index (κ3) is 10.9. The summed E-state index contributed by atoms with van der Waals surface area (Å²) in [6.45, 7) is 6.28. The molecule has 272 valence electrons. The normalized spacial score (nSPS) is 29.1. The highest BCUT2D eigenvalue weighted by atomic mass is 16.7. The van der Waals surface area contributed by atoms with Crippen molar-refractivity contribution < 1.29 is 48.9 Å². The lowest BCUT2D eigenvalue weighted by Gasteiger charge is -2.42. The summed E-state index contributed by atoms with van der Waals surface area (Å²) in [5.74, 6) is 0. The molecule has 5 N–H and O–H groups in total. The first-order valence-electron chi connectivity index (χ1n) is 17.6. The van der Waals surface area contributed by atoms with E-state index in [4.69, 9.17) is 23.7 Å². The number of carbonyl (C=O) groups is 1. The zero-order valence-corrected chi connectivity index (χ0v) is 28.8. The number of ether oxygens (including phenoxy) is 5. The van der Waals surface area contributed by atoms with Crippen LogP contribution in [-0.2, 0) is 23.7 Å². The van der Waals surface area contributed by atoms with Crippen LogP contribution in [0.3, 0.4) is 0 Å². The van der Waals surface area contributed by atoms with Crippen molar-refractivity contribution in [2.45, 2.75) is 126 Å². The molecule has 12 heteroatoms. The second-order valence-corrected chi connectivity index (χ2v) is 14.4. The van der Waals surface area contributed by atoms with Gasteiger partial charge in [0.1, 0.15) is 17.8 Å². The first-order valence-corrected chi connectivity index (χ1v) is 17.6. The molecular formula is C37H54N2O10. The second kappa shape index (κ2) is 17.5. The quantitative estimate of drug-likeness (QED) is 0.222. The fraction of sp³-hybridized carbons (Fsp3) is 0.649. The molecule has 0 bridgehead atoms. The monoisotopic (exact) mass is 686 g/mol. The highest BCUT2D eigenvalue weighted by Crippen LogP contribution is 2.31. The minimum atomic E-state index is -1.21. The summed E-state index contributed by atoms with van der Waals surface area (Å²) >= 11 is 0. The maximum atomic E-state index is 12.4. The van der Waals surface area contributed by atoms with Crippen molar-refractivity contribution in [1.29, 1.82) is 0 Å². The van der Waals surface area contributed by atoms with Gasteiger partial charge in [0.25, 0.3) is 0 Å². The summed E-state index contributed by atoms with van der Waals surface area (Å²) in [4.78, 5) is 14.3. The number of nitrogens with one attached hydrogen (secondary N) is 1. The molecule has 2 aromatic carbocycles. The molecule has 49 heavy (non-hydrogen) atoms. The predicted molar refractivity (Wildman–Crippen MR) is 180 cm³/mol. The van der Waals surface area contributed by atoms with Gasteiger partial charge in [0.05, 0.1) is 37.6 Å². The van der Waals surface area contributed by atoms with Gasteiger partial charge in [-0.05, 0) is 59.3 Å². The summed E-state index contributed by atoms with van der Waals surface area (Å²) in [6.07, 6.45) is -4.43. The third-order valence-corrected chi connectivity index (χ3v) is 9.41. The van der Waals surface area contributed by atoms with Gasteiger partial charge in [0.2, 0.25) is 0 Å². The van der Waals surface area contributed by atoms with E-state index in [1.165, 1.54) is 0 Å². The summed E-state index contributed by atoms with van der Waals surface area (Å²) in [5.41, 5.74) is 1.06. The van der Waals surface area contributed by atoms with Crippen molar-refractivity contribution in [1.82, 2.24) is 10.2 Å². The Morgan fingerprint density at radius 2 is 1.20 bits per heavy atom. The van der Waals surface area contributed by atoms with E-state index in [9.17, 15) is 25.2 Å². The number of amides is 1. The fourth-order valence-corrected chi connectivity index (χ4v) is 6.81. The molecule has 5 rings (SSSR count). The average molecular weight is 687 g/mol. The summed E-state index contributed by atoms with van der Waals surface area (Å²) in [5, 5.41) is 48.4. The summed E-state index contributed by atoms with van der Waals surface area (Å²) < 4.78 is 29.2. The highest BCUT2D eigenvalue weighted by molar-refractivity contribution is 5.68. The minimum absolute atomic E-state index is 0.0395. The first kappa shape index (κ1) is 37.6. The fourth-order valence-electron chi connectivity index (χ4n) is 6.81. The Morgan fingerprint density at radius 1 is 0.755 bits per heavy atom. The molecule has 0 aromatic heterocycles. The van der Waals surface area contributed by atoms with Crippen molar-refractivity contribution in [2.75, 3.05) is 26.3 Å². The van der Waals surface area contributed by atoms with Crippen LogP contribution in [0, 0.1) is 0 Å². The van der Waals surface area contributed by atoms with Crippen LogP contribution in [0.5, 0.6) is 0 Å². The SMILES string of the molecule is CC(C)(C)OC(=O)NC1CCC(N(C[C@H](O)[C@@H](O)[C@H]2CCOC(c3ccccc3)O2)C[C@H](O)[C@@H](O)[C@H]2CCOC(c3ccccc3)O2)CC1. The van der Waals surface area contributed by atoms with Crippen LogP contribution in [0.2, 0.25) is 0 Å². The van der Waals surface area contributed by atoms with E-state index < -0.39 is 60.9 Å². The second-order valence-electron chi connectivity index (χ2n) is 14.4. The van der Waals surface area contributed by atoms with Crippen LogP contribution in [0.25, 0.3) is 0 Å². The molecule has 3 fully saturated rings. The van der Waals surface area contributed by atoms with Gasteiger partial charge in [0, 0.05) is 36.3 Å². The molecule has 0 radical (unpaired) electrons. The van der Waals surface area contributed by atoms with Crippen LogP contribution >= 0.6 is 0 Å². The Balaban J connectivity index is 1.23. The molecule has 2 unspecified atom stereocenters. The summed E-state index contributed by atoms with van der Waals surface area (Å²) in [7, 11) is 0. The molecule has 1 saturated carbocycles. The van der Waals surface area contributed by atoms with E-state index in [1.807, 2.05) is 86.3 Å². The number of alkyl carbamates (subject to hydrolysis) is 1. The van der Waals surface area contributed by atoms with Gasteiger partial charge in [-0.25, -0.2) is 4.79 Å². The van der Waals surface area contributed by atoms with Gasteiger partial charge in [-0.15, -0.1) is 0 Å². The van der Waals surface area contributed by atoms with Gasteiger partial charge < -0.3 is 49.4 Å². The van der Waals surface area contributed by atoms with Gasteiger partial charge in [-0.3, -0.25) is 4.90 Å². The molecule has 3 aliphatic rings. The zero-order chi connectivity index (χ0) is 35.0. The molecule has 0 spiro atoms. The lowest BCUT2D eigenvalue weighted by atomic mass is 9.89. The number of carbonyl (C=O) groups excluding carboxylic acids is 1. The number of aliphatic hydroxyl groups is 4. The third-order valence-electron chi connectivity index (χ3n) is 9.41. The van der Waals surface area contributed by atoms with Gasteiger partial charge >= 0.3 is 6.09 Å². The van der Waals surface area contributed by atoms with Crippen LogP contribution in [0.4, 0.5) is 4.79 Å². The molecule has 2 aliphatic heterocycles. The predicted octanol–water partition coefficient (Wildman–Crippen LogP) is 3.58. The first-order chi connectivity index (χ1) is 23.5. The number of hydrogen-bond acceptors (Lipinski definition) is 11. The van der Waals surface area contributed by atoms with Gasteiger partial charge in [0.15, 0.2) is 12.6 Å². The van der Waals surface area contributed by atoms with Crippen LogP contribution in [0.1, 0.15) is 83.0 Å². The molecule has 8 atom stereocenters. The minimum Gasteiger partial charge on any atom is -0.444 e. The van der Waals surface area contributed by atoms with E-state index in [1.54, 1.807) is 0 Å². The highest BCUT2D eigenvalue weighted by Gasteiger charge is 2.39. The van der Waals surface area contributed by atoms with Crippen molar-refractivity contribution in [3.8, 4) is 0 Å². The van der Waals surface area contributed by atoms with E-state index in [0.29, 0.717) is 51.7 Å². The van der Waals surface area contributed by atoms with Crippen molar-refractivity contribution >= 4 is 6.09 Å².